The third-order valence-electron chi connectivity index (χ3n) is 3.71. The average molecular weight is 340 g/mol. The quantitative estimate of drug-likeness (QED) is 0.714. The van der Waals surface area contributed by atoms with Crippen LogP contribution < -0.4 is 0 Å². The second-order valence-corrected chi connectivity index (χ2v) is 6.46. The van der Waals surface area contributed by atoms with Gasteiger partial charge < -0.3 is 4.90 Å². The van der Waals surface area contributed by atoms with Crippen molar-refractivity contribution in [1.82, 2.24) is 20.1 Å². The zero-order chi connectivity index (χ0) is 16.8. The fourth-order valence-corrected chi connectivity index (χ4v) is 3.20. The maximum absolute atomic E-state index is 12.9. The number of amides is 1. The van der Waals surface area contributed by atoms with Crippen molar-refractivity contribution in [1.29, 1.82) is 0 Å². The first kappa shape index (κ1) is 16.4. The number of nitrogens with zero attached hydrogens (tertiary/aromatic N) is 3. The van der Waals surface area contributed by atoms with Gasteiger partial charge in [-0.3, -0.25) is 14.9 Å². The van der Waals surface area contributed by atoms with Crippen LogP contribution in [0.3, 0.4) is 0 Å². The minimum atomic E-state index is -0.0661. The zero-order valence-corrected chi connectivity index (χ0v) is 14.4. The van der Waals surface area contributed by atoms with Crippen LogP contribution in [0.25, 0.3) is 0 Å². The Bertz CT molecular complexity index is 767. The summed E-state index contributed by atoms with van der Waals surface area (Å²) in [6, 6.07) is 7.77. The molecular formula is C18H20N4OS. The number of carbonyl (C=O) groups is 1. The van der Waals surface area contributed by atoms with Crippen molar-refractivity contribution in [2.45, 2.75) is 32.9 Å². The molecule has 5 nitrogen and oxygen atoms in total. The Kier molecular flexibility index (Phi) is 5.38. The number of thiophene rings is 1. The molecule has 0 bridgehead atoms. The first-order valence-electron chi connectivity index (χ1n) is 8.00. The van der Waals surface area contributed by atoms with E-state index in [0.29, 0.717) is 18.8 Å². The number of carbonyl (C=O) groups excluding carboxylic acids is 1. The summed E-state index contributed by atoms with van der Waals surface area (Å²) < 4.78 is 0. The van der Waals surface area contributed by atoms with Gasteiger partial charge in [0.25, 0.3) is 5.91 Å². The summed E-state index contributed by atoms with van der Waals surface area (Å²) in [6.07, 6.45) is 5.44. The predicted octanol–water partition coefficient (Wildman–Crippen LogP) is 3.66. The molecule has 0 saturated heterocycles. The molecule has 124 valence electrons. The number of nitrogens with one attached hydrogen (secondary N) is 1. The SMILES string of the molecule is CCCc1cc(C(=O)N(Cc2cccnc2)Cc2ccsc2)n[nH]1. The lowest BCUT2D eigenvalue weighted by molar-refractivity contribution is 0.0724. The van der Waals surface area contributed by atoms with E-state index in [1.54, 1.807) is 23.7 Å². The molecule has 1 amide bonds. The number of aromatic nitrogens is 3. The van der Waals surface area contributed by atoms with Crippen LogP contribution in [0.2, 0.25) is 0 Å². The van der Waals surface area contributed by atoms with Gasteiger partial charge in [0.15, 0.2) is 0 Å². The fraction of sp³-hybridized carbons (Fsp3) is 0.278. The van der Waals surface area contributed by atoms with Gasteiger partial charge in [-0.2, -0.15) is 16.4 Å². The monoisotopic (exact) mass is 340 g/mol. The molecule has 0 saturated carbocycles. The molecule has 0 radical (unpaired) electrons. The topological polar surface area (TPSA) is 61.9 Å². The van der Waals surface area contributed by atoms with Gasteiger partial charge in [-0.15, -0.1) is 0 Å². The number of hydrogen-bond acceptors (Lipinski definition) is 4. The lowest BCUT2D eigenvalue weighted by Crippen LogP contribution is -2.30. The van der Waals surface area contributed by atoms with E-state index in [-0.39, 0.29) is 5.91 Å². The first-order chi connectivity index (χ1) is 11.8. The molecule has 0 fully saturated rings. The van der Waals surface area contributed by atoms with E-state index in [4.69, 9.17) is 0 Å². The molecule has 0 atom stereocenters. The smallest absolute Gasteiger partial charge is 0.274 e. The van der Waals surface area contributed by atoms with Gasteiger partial charge >= 0.3 is 0 Å². The molecule has 1 N–H and O–H groups in total. The van der Waals surface area contributed by atoms with Crippen LogP contribution in [0.4, 0.5) is 0 Å². The van der Waals surface area contributed by atoms with Crippen molar-refractivity contribution in [2.24, 2.45) is 0 Å². The summed E-state index contributed by atoms with van der Waals surface area (Å²) >= 11 is 1.63. The van der Waals surface area contributed by atoms with Gasteiger partial charge in [-0.05, 0) is 46.5 Å². The van der Waals surface area contributed by atoms with Crippen molar-refractivity contribution < 1.29 is 4.79 Å². The van der Waals surface area contributed by atoms with E-state index in [0.717, 1.165) is 29.7 Å². The molecule has 0 spiro atoms. The van der Waals surface area contributed by atoms with E-state index in [2.05, 4.69) is 27.5 Å². The van der Waals surface area contributed by atoms with Gasteiger partial charge in [-0.25, -0.2) is 0 Å². The maximum atomic E-state index is 12.9. The highest BCUT2D eigenvalue weighted by molar-refractivity contribution is 7.07. The third kappa shape index (κ3) is 4.08. The number of aromatic amines is 1. The number of rotatable bonds is 7. The summed E-state index contributed by atoms with van der Waals surface area (Å²) in [7, 11) is 0. The van der Waals surface area contributed by atoms with Crippen LogP contribution in [0, 0.1) is 0 Å². The first-order valence-corrected chi connectivity index (χ1v) is 8.94. The van der Waals surface area contributed by atoms with Gasteiger partial charge in [-0.1, -0.05) is 19.4 Å². The number of pyridine rings is 1. The molecule has 0 unspecified atom stereocenters. The second-order valence-electron chi connectivity index (χ2n) is 5.68. The fourth-order valence-electron chi connectivity index (χ4n) is 2.55. The van der Waals surface area contributed by atoms with E-state index in [9.17, 15) is 4.79 Å². The normalized spacial score (nSPS) is 10.7. The maximum Gasteiger partial charge on any atom is 0.274 e. The summed E-state index contributed by atoms with van der Waals surface area (Å²) in [5.41, 5.74) is 3.60. The highest BCUT2D eigenvalue weighted by Crippen LogP contribution is 2.15. The molecule has 3 rings (SSSR count). The van der Waals surface area contributed by atoms with Crippen molar-refractivity contribution in [3.8, 4) is 0 Å². The molecule has 3 aromatic heterocycles. The lowest BCUT2D eigenvalue weighted by atomic mass is 10.2. The van der Waals surface area contributed by atoms with Crippen molar-refractivity contribution >= 4 is 17.2 Å². The Balaban J connectivity index is 1.80. The Labute approximate surface area is 145 Å². The highest BCUT2D eigenvalue weighted by atomic mass is 32.1. The second kappa shape index (κ2) is 7.88. The van der Waals surface area contributed by atoms with Gasteiger partial charge in [0.05, 0.1) is 0 Å². The third-order valence-corrected chi connectivity index (χ3v) is 4.44. The average Bonchev–Trinajstić information content (AvgIpc) is 3.27. The Morgan fingerprint density at radius 3 is 2.88 bits per heavy atom. The summed E-state index contributed by atoms with van der Waals surface area (Å²) in [4.78, 5) is 18.9. The van der Waals surface area contributed by atoms with E-state index in [1.165, 1.54) is 0 Å². The molecular weight excluding hydrogens is 320 g/mol. The molecule has 3 heterocycles. The Hall–Kier alpha value is -2.47. The lowest BCUT2D eigenvalue weighted by Gasteiger charge is -2.21. The van der Waals surface area contributed by atoms with Crippen LogP contribution in [-0.2, 0) is 19.5 Å². The predicted molar refractivity (Wildman–Crippen MR) is 94.7 cm³/mol. The molecule has 6 heteroatoms. The number of hydrogen-bond donors (Lipinski definition) is 1. The van der Waals surface area contributed by atoms with Crippen LogP contribution in [-0.4, -0.2) is 26.0 Å². The summed E-state index contributed by atoms with van der Waals surface area (Å²) in [6.45, 7) is 3.18. The zero-order valence-electron chi connectivity index (χ0n) is 13.6. The summed E-state index contributed by atoms with van der Waals surface area (Å²) in [5, 5.41) is 11.2. The Morgan fingerprint density at radius 1 is 1.29 bits per heavy atom. The van der Waals surface area contributed by atoms with Gasteiger partial charge in [0.2, 0.25) is 0 Å². The van der Waals surface area contributed by atoms with Crippen molar-refractivity contribution in [3.05, 3.63) is 69.9 Å². The highest BCUT2D eigenvalue weighted by Gasteiger charge is 2.19. The van der Waals surface area contributed by atoms with Crippen molar-refractivity contribution in [2.75, 3.05) is 0 Å². The summed E-state index contributed by atoms with van der Waals surface area (Å²) in [5.74, 6) is -0.0661. The molecule has 0 aliphatic heterocycles. The minimum absolute atomic E-state index is 0.0661. The number of H-pyrrole nitrogens is 1. The van der Waals surface area contributed by atoms with Crippen molar-refractivity contribution in [3.63, 3.8) is 0 Å². The van der Waals surface area contributed by atoms with Crippen LogP contribution >= 0.6 is 11.3 Å². The number of aryl methyl sites for hydroxylation is 1. The largest absolute Gasteiger partial charge is 0.329 e. The molecule has 0 aliphatic rings. The Morgan fingerprint density at radius 2 is 2.17 bits per heavy atom. The molecule has 3 aromatic rings. The van der Waals surface area contributed by atoms with Gasteiger partial charge in [0, 0.05) is 31.2 Å². The van der Waals surface area contributed by atoms with Crippen LogP contribution in [0.5, 0.6) is 0 Å². The van der Waals surface area contributed by atoms with E-state index >= 15 is 0 Å². The van der Waals surface area contributed by atoms with Crippen LogP contribution in [0.15, 0.2) is 47.4 Å². The molecule has 0 aromatic carbocycles. The minimum Gasteiger partial charge on any atom is -0.329 e. The van der Waals surface area contributed by atoms with Crippen LogP contribution in [0.1, 0.15) is 40.7 Å². The standard InChI is InChI=1S/C18H20N4OS/c1-2-4-16-9-17(21-20-16)18(23)22(12-15-6-8-24-13-15)11-14-5-3-7-19-10-14/h3,5-10,13H,2,4,11-12H2,1H3,(H,20,21). The van der Waals surface area contributed by atoms with E-state index < -0.39 is 0 Å². The van der Waals surface area contributed by atoms with Gasteiger partial charge in [0.1, 0.15) is 5.69 Å². The molecule has 24 heavy (non-hydrogen) atoms. The molecule has 0 aliphatic carbocycles. The van der Waals surface area contributed by atoms with E-state index in [1.807, 2.05) is 34.5 Å².